The van der Waals surface area contributed by atoms with Gasteiger partial charge in [-0.2, -0.15) is 0 Å². The summed E-state index contributed by atoms with van der Waals surface area (Å²) >= 11 is 1.95. The van der Waals surface area contributed by atoms with Crippen molar-refractivity contribution in [3.63, 3.8) is 0 Å². The zero-order chi connectivity index (χ0) is 8.97. The van der Waals surface area contributed by atoms with E-state index in [1.165, 1.54) is 10.5 Å². The van der Waals surface area contributed by atoms with Crippen LogP contribution in [0.4, 0.5) is 0 Å². The van der Waals surface area contributed by atoms with E-state index in [0.717, 1.165) is 6.42 Å². The lowest BCUT2D eigenvalue weighted by Gasteiger charge is -2.08. The number of thioether (sulfide) groups is 1. The number of allylic oxidation sites excluding steroid dienone is 5. The van der Waals surface area contributed by atoms with Crippen molar-refractivity contribution in [2.24, 2.45) is 0 Å². The van der Waals surface area contributed by atoms with Gasteiger partial charge in [0.2, 0.25) is 0 Å². The Morgan fingerprint density at radius 1 is 1.33 bits per heavy atom. The summed E-state index contributed by atoms with van der Waals surface area (Å²) in [5.41, 5.74) is 1.48. The molecule has 0 radical (unpaired) electrons. The molecule has 0 unspecified atom stereocenters. The second-order valence-electron chi connectivity index (χ2n) is 3.30. The van der Waals surface area contributed by atoms with Gasteiger partial charge < -0.3 is 0 Å². The van der Waals surface area contributed by atoms with Crippen LogP contribution in [0.1, 0.15) is 27.2 Å². The summed E-state index contributed by atoms with van der Waals surface area (Å²) in [6, 6.07) is 0. The van der Waals surface area contributed by atoms with E-state index >= 15 is 0 Å². The molecule has 1 aliphatic carbocycles. The number of hydrogen-bond donors (Lipinski definition) is 0. The monoisotopic (exact) mass is 180 g/mol. The quantitative estimate of drug-likeness (QED) is 0.620. The third-order valence-electron chi connectivity index (χ3n) is 1.70. The van der Waals surface area contributed by atoms with Crippen molar-refractivity contribution in [1.29, 1.82) is 0 Å². The van der Waals surface area contributed by atoms with E-state index in [0.29, 0.717) is 5.25 Å². The van der Waals surface area contributed by atoms with Crippen LogP contribution in [-0.2, 0) is 0 Å². The average Bonchev–Trinajstić information content (AvgIpc) is 2.16. The predicted octanol–water partition coefficient (Wildman–Crippen LogP) is 3.92. The van der Waals surface area contributed by atoms with Gasteiger partial charge >= 0.3 is 0 Å². The fourth-order valence-electron chi connectivity index (χ4n) is 1.10. The lowest BCUT2D eigenvalue weighted by atomic mass is 10.2. The minimum absolute atomic E-state index is 0.678. The Morgan fingerprint density at radius 3 is 2.75 bits per heavy atom. The van der Waals surface area contributed by atoms with Gasteiger partial charge in [-0.05, 0) is 19.4 Å². The van der Waals surface area contributed by atoms with Gasteiger partial charge in [-0.3, -0.25) is 0 Å². The van der Waals surface area contributed by atoms with Crippen molar-refractivity contribution in [3.05, 3.63) is 34.8 Å². The molecule has 0 saturated carbocycles. The molecule has 0 nitrogen and oxygen atoms in total. The minimum Gasteiger partial charge on any atom is -0.123 e. The van der Waals surface area contributed by atoms with E-state index in [4.69, 9.17) is 0 Å². The third kappa shape index (κ3) is 2.90. The zero-order valence-electron chi connectivity index (χ0n) is 8.00. The fourth-order valence-corrected chi connectivity index (χ4v) is 2.05. The molecule has 66 valence electrons. The van der Waals surface area contributed by atoms with Gasteiger partial charge in [0.05, 0.1) is 0 Å². The van der Waals surface area contributed by atoms with Crippen LogP contribution in [0.5, 0.6) is 0 Å². The summed E-state index contributed by atoms with van der Waals surface area (Å²) < 4.78 is 0. The molecule has 0 aliphatic heterocycles. The predicted molar refractivity (Wildman–Crippen MR) is 58.3 cm³/mol. The molecule has 0 N–H and O–H groups in total. The first-order valence-corrected chi connectivity index (χ1v) is 5.27. The molecule has 0 spiro atoms. The van der Waals surface area contributed by atoms with E-state index in [-0.39, 0.29) is 0 Å². The fraction of sp³-hybridized carbons (Fsp3) is 0.455. The van der Waals surface area contributed by atoms with Gasteiger partial charge in [-0.15, -0.1) is 11.8 Å². The Morgan fingerprint density at radius 2 is 2.08 bits per heavy atom. The van der Waals surface area contributed by atoms with Crippen molar-refractivity contribution >= 4 is 11.8 Å². The van der Waals surface area contributed by atoms with Gasteiger partial charge in [-0.25, -0.2) is 0 Å². The van der Waals surface area contributed by atoms with Gasteiger partial charge in [0, 0.05) is 10.2 Å². The first kappa shape index (κ1) is 9.66. The molecule has 1 heteroatoms. The molecule has 0 aromatic heterocycles. The Bertz CT molecular complexity index is 231. The van der Waals surface area contributed by atoms with Gasteiger partial charge in [0.1, 0.15) is 0 Å². The molecule has 1 aliphatic rings. The van der Waals surface area contributed by atoms with Crippen LogP contribution in [0.2, 0.25) is 0 Å². The van der Waals surface area contributed by atoms with Crippen LogP contribution < -0.4 is 0 Å². The molecule has 0 amide bonds. The average molecular weight is 180 g/mol. The molecule has 12 heavy (non-hydrogen) atoms. The van der Waals surface area contributed by atoms with Crippen molar-refractivity contribution in [3.8, 4) is 0 Å². The molecular weight excluding hydrogens is 164 g/mol. The van der Waals surface area contributed by atoms with E-state index in [1.54, 1.807) is 0 Å². The second-order valence-corrected chi connectivity index (χ2v) is 4.92. The lowest BCUT2D eigenvalue weighted by Crippen LogP contribution is -1.88. The maximum atomic E-state index is 2.23. The Balaban J connectivity index is 2.72. The molecule has 0 atom stereocenters. The number of rotatable bonds is 2. The largest absolute Gasteiger partial charge is 0.123 e. The van der Waals surface area contributed by atoms with Crippen molar-refractivity contribution in [2.45, 2.75) is 32.4 Å². The molecule has 0 bridgehead atoms. The maximum absolute atomic E-state index is 2.23. The second kappa shape index (κ2) is 4.56. The highest BCUT2D eigenvalue weighted by Gasteiger charge is 2.03. The minimum atomic E-state index is 0.678. The summed E-state index contributed by atoms with van der Waals surface area (Å²) in [7, 11) is 0. The summed E-state index contributed by atoms with van der Waals surface area (Å²) in [5, 5.41) is 0.678. The van der Waals surface area contributed by atoms with Crippen LogP contribution in [0.15, 0.2) is 34.8 Å². The molecule has 0 fully saturated rings. The highest BCUT2D eigenvalue weighted by molar-refractivity contribution is 8.03. The van der Waals surface area contributed by atoms with Gasteiger partial charge in [0.25, 0.3) is 0 Å². The SMILES string of the molecule is CC1=C(SC(C)C)C=CC=CC1. The maximum Gasteiger partial charge on any atom is 0.00669 e. The van der Waals surface area contributed by atoms with Crippen molar-refractivity contribution in [1.82, 2.24) is 0 Å². The zero-order valence-corrected chi connectivity index (χ0v) is 8.82. The number of hydrogen-bond acceptors (Lipinski definition) is 1. The van der Waals surface area contributed by atoms with Crippen molar-refractivity contribution < 1.29 is 0 Å². The Kier molecular flexibility index (Phi) is 3.67. The molecule has 0 aromatic carbocycles. The smallest absolute Gasteiger partial charge is 0.00669 e. The highest BCUT2D eigenvalue weighted by Crippen LogP contribution is 2.28. The normalized spacial score (nSPS) is 17.3. The highest BCUT2D eigenvalue weighted by atomic mass is 32.2. The van der Waals surface area contributed by atoms with Crippen molar-refractivity contribution in [2.75, 3.05) is 0 Å². The molecule has 1 rings (SSSR count). The van der Waals surface area contributed by atoms with E-state index in [9.17, 15) is 0 Å². The summed E-state index contributed by atoms with van der Waals surface area (Å²) in [4.78, 5) is 1.44. The van der Waals surface area contributed by atoms with Crippen LogP contribution >= 0.6 is 11.8 Å². The Hall–Kier alpha value is -0.430. The standard InChI is InChI=1S/C11H16S/c1-9(2)12-11-8-6-4-5-7-10(11)3/h4-6,8-9H,7H2,1-3H3. The van der Waals surface area contributed by atoms with Crippen LogP contribution in [0, 0.1) is 0 Å². The van der Waals surface area contributed by atoms with E-state index < -0.39 is 0 Å². The van der Waals surface area contributed by atoms with Gasteiger partial charge in [-0.1, -0.05) is 37.6 Å². The molecule has 0 aromatic rings. The first-order chi connectivity index (χ1) is 5.70. The van der Waals surface area contributed by atoms with Crippen LogP contribution in [0.3, 0.4) is 0 Å². The summed E-state index contributed by atoms with van der Waals surface area (Å²) in [6.07, 6.45) is 9.77. The molecule has 0 saturated heterocycles. The third-order valence-corrected chi connectivity index (χ3v) is 2.91. The van der Waals surface area contributed by atoms with E-state index in [1.807, 2.05) is 11.8 Å². The summed E-state index contributed by atoms with van der Waals surface area (Å²) in [6.45, 7) is 6.68. The summed E-state index contributed by atoms with van der Waals surface area (Å²) in [5.74, 6) is 0. The Labute approximate surface area is 79.4 Å². The first-order valence-electron chi connectivity index (χ1n) is 4.40. The molecule has 0 heterocycles. The van der Waals surface area contributed by atoms with Crippen LogP contribution in [0.25, 0.3) is 0 Å². The topological polar surface area (TPSA) is 0 Å². The molecular formula is C11H16S. The van der Waals surface area contributed by atoms with E-state index in [2.05, 4.69) is 45.1 Å². The van der Waals surface area contributed by atoms with Gasteiger partial charge in [0.15, 0.2) is 0 Å². The van der Waals surface area contributed by atoms with Crippen LogP contribution in [-0.4, -0.2) is 5.25 Å². The lowest BCUT2D eigenvalue weighted by molar-refractivity contribution is 1.11.